The van der Waals surface area contributed by atoms with Gasteiger partial charge in [-0.15, -0.1) is 0 Å². The molecular formula is C19H26BrN5O4. The highest BCUT2D eigenvalue weighted by molar-refractivity contribution is 9.10. The van der Waals surface area contributed by atoms with Gasteiger partial charge in [0.15, 0.2) is 0 Å². The lowest BCUT2D eigenvalue weighted by Crippen LogP contribution is -2.42. The minimum Gasteiger partial charge on any atom is -0.383 e. The van der Waals surface area contributed by atoms with Crippen LogP contribution in [0.2, 0.25) is 0 Å². The number of methoxy groups -OCH3 is 1. The number of H-pyrrole nitrogens is 1. The fourth-order valence-electron chi connectivity index (χ4n) is 2.82. The third kappa shape index (κ3) is 5.94. The molecule has 0 radical (unpaired) electrons. The number of amides is 1. The van der Waals surface area contributed by atoms with Gasteiger partial charge in [-0.1, -0.05) is 25.5 Å². The molecule has 2 rings (SSSR count). The molecule has 0 unspecified atom stereocenters. The summed E-state index contributed by atoms with van der Waals surface area (Å²) in [6.07, 6.45) is 1.60. The highest BCUT2D eigenvalue weighted by Crippen LogP contribution is 2.22. The van der Waals surface area contributed by atoms with Crippen molar-refractivity contribution in [2.75, 3.05) is 42.8 Å². The highest BCUT2D eigenvalue weighted by atomic mass is 79.9. The van der Waals surface area contributed by atoms with Gasteiger partial charge in [-0.25, -0.2) is 4.79 Å². The van der Waals surface area contributed by atoms with Gasteiger partial charge >= 0.3 is 5.69 Å². The molecule has 0 bridgehead atoms. The zero-order valence-electron chi connectivity index (χ0n) is 16.5. The van der Waals surface area contributed by atoms with E-state index in [-0.39, 0.29) is 37.1 Å². The zero-order valence-corrected chi connectivity index (χ0v) is 18.1. The number of rotatable bonds is 10. The number of nitrogens with zero attached hydrogens (tertiary/aromatic N) is 2. The van der Waals surface area contributed by atoms with Crippen LogP contribution in [0.1, 0.15) is 19.8 Å². The topological polar surface area (TPSA) is 122 Å². The number of para-hydroxylation sites is 1. The summed E-state index contributed by atoms with van der Waals surface area (Å²) in [5, 5.41) is 2.80. The molecule has 1 amide bonds. The maximum atomic E-state index is 12.6. The van der Waals surface area contributed by atoms with Gasteiger partial charge in [-0.3, -0.25) is 19.1 Å². The van der Waals surface area contributed by atoms with Crippen molar-refractivity contribution < 1.29 is 9.53 Å². The van der Waals surface area contributed by atoms with Gasteiger partial charge in [-0.2, -0.15) is 0 Å². The second kappa shape index (κ2) is 10.8. The Bertz CT molecular complexity index is 956. The highest BCUT2D eigenvalue weighted by Gasteiger charge is 2.21. The van der Waals surface area contributed by atoms with Crippen molar-refractivity contribution in [2.45, 2.75) is 26.3 Å². The van der Waals surface area contributed by atoms with Crippen LogP contribution in [-0.2, 0) is 16.1 Å². The van der Waals surface area contributed by atoms with Crippen molar-refractivity contribution >= 4 is 39.0 Å². The summed E-state index contributed by atoms with van der Waals surface area (Å²) in [5.74, 6) is -0.296. The maximum absolute atomic E-state index is 12.6. The van der Waals surface area contributed by atoms with Crippen molar-refractivity contribution in [1.29, 1.82) is 0 Å². The molecule has 1 aromatic carbocycles. The number of hydrogen-bond donors (Lipinski definition) is 3. The van der Waals surface area contributed by atoms with Crippen LogP contribution in [0.15, 0.2) is 38.3 Å². The SMILES string of the molecule is CCCCn1c(N)c(N(CCOC)CC(=O)Nc2ccccc2Br)c(=O)[nH]c1=O. The van der Waals surface area contributed by atoms with E-state index in [1.807, 2.05) is 19.1 Å². The number of unbranched alkanes of at least 4 members (excludes halogenated alkanes) is 1. The van der Waals surface area contributed by atoms with Gasteiger partial charge in [0.05, 0.1) is 18.8 Å². The first-order valence-electron chi connectivity index (χ1n) is 9.29. The molecule has 0 aliphatic heterocycles. The molecule has 0 spiro atoms. The van der Waals surface area contributed by atoms with Crippen molar-refractivity contribution in [3.63, 3.8) is 0 Å². The first-order valence-corrected chi connectivity index (χ1v) is 10.1. The van der Waals surface area contributed by atoms with Crippen molar-refractivity contribution in [2.24, 2.45) is 0 Å². The number of nitrogen functional groups attached to an aromatic ring is 1. The van der Waals surface area contributed by atoms with Gasteiger partial charge in [-0.05, 0) is 34.5 Å². The van der Waals surface area contributed by atoms with Gasteiger partial charge in [0.25, 0.3) is 5.56 Å². The van der Waals surface area contributed by atoms with Crippen LogP contribution < -0.4 is 27.2 Å². The normalized spacial score (nSPS) is 10.7. The quantitative estimate of drug-likeness (QED) is 0.489. The third-order valence-electron chi connectivity index (χ3n) is 4.31. The lowest BCUT2D eigenvalue weighted by Gasteiger charge is -2.25. The van der Waals surface area contributed by atoms with E-state index in [0.29, 0.717) is 12.2 Å². The fourth-order valence-corrected chi connectivity index (χ4v) is 3.20. The van der Waals surface area contributed by atoms with E-state index in [9.17, 15) is 14.4 Å². The van der Waals surface area contributed by atoms with Crippen LogP contribution in [0.3, 0.4) is 0 Å². The molecule has 1 aromatic heterocycles. The second-order valence-corrected chi connectivity index (χ2v) is 7.30. The molecule has 1 heterocycles. The average molecular weight is 468 g/mol. The molecule has 0 saturated heterocycles. The molecule has 0 fully saturated rings. The van der Waals surface area contributed by atoms with Gasteiger partial charge < -0.3 is 20.7 Å². The number of halogens is 1. The average Bonchev–Trinajstić information content (AvgIpc) is 2.67. The summed E-state index contributed by atoms with van der Waals surface area (Å²) in [6, 6.07) is 7.21. The molecule has 0 atom stereocenters. The van der Waals surface area contributed by atoms with Gasteiger partial charge in [0.1, 0.15) is 11.5 Å². The largest absolute Gasteiger partial charge is 0.383 e. The van der Waals surface area contributed by atoms with Crippen LogP contribution in [-0.4, -0.2) is 42.3 Å². The van der Waals surface area contributed by atoms with Crippen LogP contribution >= 0.6 is 15.9 Å². The Kier molecular flexibility index (Phi) is 8.47. The Hall–Kier alpha value is -2.59. The fraction of sp³-hybridized carbons (Fsp3) is 0.421. The maximum Gasteiger partial charge on any atom is 0.330 e. The predicted molar refractivity (Wildman–Crippen MR) is 118 cm³/mol. The number of nitrogens with one attached hydrogen (secondary N) is 2. The first-order chi connectivity index (χ1) is 13.9. The van der Waals surface area contributed by atoms with E-state index < -0.39 is 11.2 Å². The molecular weight excluding hydrogens is 442 g/mol. The van der Waals surface area contributed by atoms with Crippen LogP contribution in [0.5, 0.6) is 0 Å². The summed E-state index contributed by atoms with van der Waals surface area (Å²) in [5.41, 5.74) is 5.67. The second-order valence-electron chi connectivity index (χ2n) is 6.44. The molecule has 0 saturated carbocycles. The minimum absolute atomic E-state index is 0.0389. The Labute approximate surface area is 177 Å². The Balaban J connectivity index is 2.34. The number of anilines is 3. The molecule has 158 valence electrons. The van der Waals surface area contributed by atoms with E-state index in [2.05, 4.69) is 26.2 Å². The smallest absolute Gasteiger partial charge is 0.330 e. The van der Waals surface area contributed by atoms with Gasteiger partial charge in [0, 0.05) is 24.7 Å². The first kappa shape index (κ1) is 22.7. The number of ether oxygens (including phenoxy) is 1. The molecule has 9 nitrogen and oxygen atoms in total. The van der Waals surface area contributed by atoms with E-state index >= 15 is 0 Å². The van der Waals surface area contributed by atoms with Crippen LogP contribution in [0, 0.1) is 0 Å². The third-order valence-corrected chi connectivity index (χ3v) is 5.00. The molecule has 0 aliphatic carbocycles. The minimum atomic E-state index is -0.634. The molecule has 10 heteroatoms. The summed E-state index contributed by atoms with van der Waals surface area (Å²) >= 11 is 3.38. The summed E-state index contributed by atoms with van der Waals surface area (Å²) in [4.78, 5) is 41.1. The lowest BCUT2D eigenvalue weighted by molar-refractivity contribution is -0.115. The molecule has 2 aromatic rings. The van der Waals surface area contributed by atoms with E-state index in [1.54, 1.807) is 12.1 Å². The number of hydrogen-bond acceptors (Lipinski definition) is 6. The molecule has 4 N–H and O–H groups in total. The van der Waals surface area contributed by atoms with E-state index in [0.717, 1.165) is 17.3 Å². The van der Waals surface area contributed by atoms with E-state index in [1.165, 1.54) is 16.6 Å². The number of nitrogens with two attached hydrogens (primary N) is 1. The summed E-state index contributed by atoms with van der Waals surface area (Å²) < 4.78 is 7.17. The summed E-state index contributed by atoms with van der Waals surface area (Å²) in [7, 11) is 1.52. The summed E-state index contributed by atoms with van der Waals surface area (Å²) in [6.45, 7) is 2.76. The van der Waals surface area contributed by atoms with Crippen molar-refractivity contribution in [3.8, 4) is 0 Å². The number of carbonyl (C=O) groups is 1. The molecule has 0 aliphatic rings. The van der Waals surface area contributed by atoms with Crippen LogP contribution in [0.4, 0.5) is 17.2 Å². The lowest BCUT2D eigenvalue weighted by atomic mass is 10.3. The Morgan fingerprint density at radius 1 is 1.34 bits per heavy atom. The number of carbonyl (C=O) groups excluding carboxylic acids is 1. The number of aromatic nitrogens is 2. The zero-order chi connectivity index (χ0) is 21.4. The van der Waals surface area contributed by atoms with E-state index in [4.69, 9.17) is 10.5 Å². The Morgan fingerprint density at radius 3 is 2.72 bits per heavy atom. The standard InChI is InChI=1S/C19H26BrN5O4/c1-3-4-9-25-17(21)16(18(27)23-19(25)28)24(10-11-29-2)12-15(26)22-14-8-6-5-7-13(14)20/h5-8H,3-4,9-12,21H2,1-2H3,(H,22,26)(H,23,27,28). The number of aromatic amines is 1. The van der Waals surface area contributed by atoms with Crippen molar-refractivity contribution in [3.05, 3.63) is 49.6 Å². The van der Waals surface area contributed by atoms with Gasteiger partial charge in [0.2, 0.25) is 5.91 Å². The monoisotopic (exact) mass is 467 g/mol. The Morgan fingerprint density at radius 2 is 2.07 bits per heavy atom. The van der Waals surface area contributed by atoms with Crippen LogP contribution in [0.25, 0.3) is 0 Å². The molecule has 29 heavy (non-hydrogen) atoms. The number of benzene rings is 1. The predicted octanol–water partition coefficient (Wildman–Crippen LogP) is 1.77. The van der Waals surface area contributed by atoms with Crippen molar-refractivity contribution in [1.82, 2.24) is 9.55 Å².